The van der Waals surface area contributed by atoms with Crippen LogP contribution >= 0.6 is 0 Å². The normalized spacial score (nSPS) is 12.6. The lowest BCUT2D eigenvalue weighted by Crippen LogP contribution is -2.45. The number of ether oxygens (including phenoxy) is 1. The lowest BCUT2D eigenvalue weighted by molar-refractivity contribution is -0.143. The smallest absolute Gasteiger partial charge is 0.305 e. The number of unbranched alkanes of at least 4 members (excludes halogenated alkanes) is 55. The Balaban J connectivity index is 3.26. The first-order chi connectivity index (χ1) is 40.0. The van der Waals surface area contributed by atoms with Gasteiger partial charge in [0.15, 0.2) is 0 Å². The van der Waals surface area contributed by atoms with E-state index >= 15 is 0 Å². The third-order valence-corrected chi connectivity index (χ3v) is 17.5. The average molecular weight is 1140 g/mol. The first-order valence-electron chi connectivity index (χ1n) is 37.1. The van der Waals surface area contributed by atoms with Crippen LogP contribution in [0.5, 0.6) is 0 Å². The van der Waals surface area contributed by atoms with Crippen LogP contribution in [0.15, 0.2) is 24.3 Å². The highest BCUT2D eigenvalue weighted by atomic mass is 16.5. The van der Waals surface area contributed by atoms with Gasteiger partial charge in [-0.25, -0.2) is 0 Å². The average Bonchev–Trinajstić information content (AvgIpc) is 3.47. The molecule has 6 heteroatoms. The minimum Gasteiger partial charge on any atom is -0.466 e. The van der Waals surface area contributed by atoms with Gasteiger partial charge in [0.2, 0.25) is 5.91 Å². The summed E-state index contributed by atoms with van der Waals surface area (Å²) in [6.07, 6.45) is 89.9. The molecule has 480 valence electrons. The summed E-state index contributed by atoms with van der Waals surface area (Å²) >= 11 is 0. The Morgan fingerprint density at radius 3 is 0.951 bits per heavy atom. The third-order valence-electron chi connectivity index (χ3n) is 17.5. The molecule has 0 aromatic heterocycles. The van der Waals surface area contributed by atoms with E-state index in [4.69, 9.17) is 4.74 Å². The molecule has 0 aromatic carbocycles. The van der Waals surface area contributed by atoms with Crippen molar-refractivity contribution in [2.45, 2.75) is 431 Å². The number of rotatable bonds is 70. The Labute approximate surface area is 507 Å². The van der Waals surface area contributed by atoms with Crippen molar-refractivity contribution in [3.63, 3.8) is 0 Å². The summed E-state index contributed by atoms with van der Waals surface area (Å²) in [4.78, 5) is 24.5. The molecule has 0 saturated heterocycles. The second-order valence-electron chi connectivity index (χ2n) is 25.6. The predicted octanol–water partition coefficient (Wildman–Crippen LogP) is 24.1. The Morgan fingerprint density at radius 2 is 0.617 bits per heavy atom. The summed E-state index contributed by atoms with van der Waals surface area (Å²) in [5.74, 6) is -0.0182. The zero-order chi connectivity index (χ0) is 58.5. The second kappa shape index (κ2) is 70.8. The number of amides is 1. The van der Waals surface area contributed by atoms with Crippen LogP contribution in [0.4, 0.5) is 0 Å². The summed E-state index contributed by atoms with van der Waals surface area (Å²) in [5, 5.41) is 23.2. The summed E-state index contributed by atoms with van der Waals surface area (Å²) in [6, 6.07) is -0.534. The summed E-state index contributed by atoms with van der Waals surface area (Å²) in [6.45, 7) is 4.94. The quantitative estimate of drug-likeness (QED) is 0.0320. The fourth-order valence-corrected chi connectivity index (χ4v) is 11.9. The number of allylic oxidation sites excluding steroid dienone is 4. The van der Waals surface area contributed by atoms with E-state index in [0.29, 0.717) is 25.9 Å². The van der Waals surface area contributed by atoms with Gasteiger partial charge in [0.25, 0.3) is 0 Å². The van der Waals surface area contributed by atoms with Crippen molar-refractivity contribution >= 4 is 11.9 Å². The molecule has 2 unspecified atom stereocenters. The van der Waals surface area contributed by atoms with Gasteiger partial charge in [0.05, 0.1) is 25.4 Å². The molecule has 6 nitrogen and oxygen atoms in total. The van der Waals surface area contributed by atoms with Gasteiger partial charge in [-0.1, -0.05) is 372 Å². The number of hydrogen-bond acceptors (Lipinski definition) is 5. The molecule has 0 radical (unpaired) electrons. The molecule has 81 heavy (non-hydrogen) atoms. The highest BCUT2D eigenvalue weighted by Crippen LogP contribution is 2.20. The van der Waals surface area contributed by atoms with E-state index in [2.05, 4.69) is 43.5 Å². The lowest BCUT2D eigenvalue weighted by atomic mass is 10.0. The molecule has 0 aliphatic carbocycles. The number of aliphatic hydroxyl groups excluding tert-OH is 2. The van der Waals surface area contributed by atoms with Crippen LogP contribution in [0.25, 0.3) is 0 Å². The maximum Gasteiger partial charge on any atom is 0.305 e. The summed E-state index contributed by atoms with van der Waals surface area (Å²) < 4.78 is 5.50. The van der Waals surface area contributed by atoms with Crippen LogP contribution < -0.4 is 5.32 Å². The molecular weight excluding hydrogens is 995 g/mol. The van der Waals surface area contributed by atoms with E-state index in [9.17, 15) is 19.8 Å². The van der Waals surface area contributed by atoms with Gasteiger partial charge in [0, 0.05) is 12.8 Å². The van der Waals surface area contributed by atoms with E-state index in [-0.39, 0.29) is 18.5 Å². The van der Waals surface area contributed by atoms with Crippen molar-refractivity contribution < 1.29 is 24.5 Å². The fourth-order valence-electron chi connectivity index (χ4n) is 11.9. The van der Waals surface area contributed by atoms with Gasteiger partial charge in [-0.3, -0.25) is 9.59 Å². The summed E-state index contributed by atoms with van der Waals surface area (Å²) in [7, 11) is 0. The Kier molecular flexibility index (Phi) is 69.4. The van der Waals surface area contributed by atoms with Gasteiger partial charge in [-0.15, -0.1) is 0 Å². The molecule has 3 N–H and O–H groups in total. The standard InChI is InChI=1S/C75H145NO5/c1-3-5-7-9-11-13-14-15-16-43-46-49-53-57-61-65-69-75(80)81-70-66-62-58-54-50-47-44-41-39-37-35-33-31-29-27-25-23-21-19-17-18-20-22-24-26-28-30-32-34-36-38-40-42-45-48-52-56-60-64-68-74(79)76-72(71-77)73(78)67-63-59-55-51-12-10-8-6-4-2/h13-14,16,43,72-73,77-78H,3-12,15,17-42,44-71H2,1-2H3,(H,76,79)/b14-13-,43-16-. The van der Waals surface area contributed by atoms with E-state index in [1.807, 2.05) is 0 Å². The molecule has 0 saturated carbocycles. The number of aliphatic hydroxyl groups is 2. The van der Waals surface area contributed by atoms with Crippen LogP contribution in [0.2, 0.25) is 0 Å². The van der Waals surface area contributed by atoms with Crippen LogP contribution in [0.1, 0.15) is 418 Å². The molecule has 0 heterocycles. The maximum absolute atomic E-state index is 12.4. The van der Waals surface area contributed by atoms with E-state index < -0.39 is 12.1 Å². The third kappa shape index (κ3) is 67.3. The number of hydrogen-bond donors (Lipinski definition) is 3. The minimum atomic E-state index is -0.657. The fraction of sp³-hybridized carbons (Fsp3) is 0.920. The van der Waals surface area contributed by atoms with Gasteiger partial charge in [0.1, 0.15) is 0 Å². The second-order valence-corrected chi connectivity index (χ2v) is 25.6. The predicted molar refractivity (Wildman–Crippen MR) is 356 cm³/mol. The van der Waals surface area contributed by atoms with Crippen LogP contribution in [-0.2, 0) is 14.3 Å². The summed E-state index contributed by atoms with van der Waals surface area (Å²) in [5.41, 5.74) is 0. The number of carbonyl (C=O) groups excluding carboxylic acids is 2. The van der Waals surface area contributed by atoms with E-state index in [0.717, 1.165) is 51.4 Å². The monoisotopic (exact) mass is 1140 g/mol. The van der Waals surface area contributed by atoms with Crippen LogP contribution in [-0.4, -0.2) is 47.4 Å². The molecule has 0 spiro atoms. The van der Waals surface area contributed by atoms with Gasteiger partial charge >= 0.3 is 5.97 Å². The minimum absolute atomic E-state index is 0.0110. The first kappa shape index (κ1) is 79.3. The Morgan fingerprint density at radius 1 is 0.346 bits per heavy atom. The van der Waals surface area contributed by atoms with Crippen molar-refractivity contribution in [1.29, 1.82) is 0 Å². The highest BCUT2D eigenvalue weighted by molar-refractivity contribution is 5.76. The Bertz CT molecular complexity index is 1270. The molecule has 0 aliphatic rings. The largest absolute Gasteiger partial charge is 0.466 e. The molecule has 2 atom stereocenters. The van der Waals surface area contributed by atoms with E-state index in [1.54, 1.807) is 0 Å². The van der Waals surface area contributed by atoms with Crippen molar-refractivity contribution in [2.24, 2.45) is 0 Å². The van der Waals surface area contributed by atoms with Crippen molar-refractivity contribution in [3.8, 4) is 0 Å². The van der Waals surface area contributed by atoms with Gasteiger partial charge < -0.3 is 20.3 Å². The lowest BCUT2D eigenvalue weighted by Gasteiger charge is -2.22. The van der Waals surface area contributed by atoms with Crippen molar-refractivity contribution in [1.82, 2.24) is 5.32 Å². The molecule has 0 bridgehead atoms. The SMILES string of the molecule is CCCCCC/C=C\C/C=C\CCCCCCCC(=O)OCCCCCCCCCCCCCCCCCCCCCCCCCCCCCCCCCCCCCCCCCC(=O)NC(CO)C(O)CCCCCCCCCCC. The molecule has 0 aliphatic heterocycles. The molecule has 1 amide bonds. The topological polar surface area (TPSA) is 95.9 Å². The Hall–Kier alpha value is -1.66. The number of carbonyl (C=O) groups is 2. The highest BCUT2D eigenvalue weighted by Gasteiger charge is 2.20. The molecule has 0 fully saturated rings. The van der Waals surface area contributed by atoms with E-state index in [1.165, 1.54) is 334 Å². The van der Waals surface area contributed by atoms with Crippen molar-refractivity contribution in [3.05, 3.63) is 24.3 Å². The maximum atomic E-state index is 12.4. The van der Waals surface area contributed by atoms with Crippen molar-refractivity contribution in [2.75, 3.05) is 13.2 Å². The van der Waals surface area contributed by atoms with Crippen LogP contribution in [0.3, 0.4) is 0 Å². The number of nitrogens with one attached hydrogen (secondary N) is 1. The zero-order valence-corrected chi connectivity index (χ0v) is 55.0. The van der Waals surface area contributed by atoms with Gasteiger partial charge in [-0.2, -0.15) is 0 Å². The zero-order valence-electron chi connectivity index (χ0n) is 55.0. The van der Waals surface area contributed by atoms with Gasteiger partial charge in [-0.05, 0) is 57.8 Å². The molecular formula is C75H145NO5. The number of esters is 1. The molecule has 0 aromatic rings. The van der Waals surface area contributed by atoms with Crippen LogP contribution in [0, 0.1) is 0 Å². The first-order valence-corrected chi connectivity index (χ1v) is 37.1. The molecule has 0 rings (SSSR count).